The quantitative estimate of drug-likeness (QED) is 0.497. The highest BCUT2D eigenvalue weighted by Gasteiger charge is 2.32. The van der Waals surface area contributed by atoms with E-state index in [1.54, 1.807) is 23.9 Å². The number of nitrogens with one attached hydrogen (secondary N) is 1. The molecule has 4 rings (SSSR count). The lowest BCUT2D eigenvalue weighted by molar-refractivity contribution is -0.137. The van der Waals surface area contributed by atoms with Crippen LogP contribution in [0.25, 0.3) is 0 Å². The van der Waals surface area contributed by atoms with E-state index in [2.05, 4.69) is 5.32 Å². The first-order chi connectivity index (χ1) is 15.8. The molecule has 0 bridgehead atoms. The molecule has 1 atom stereocenters. The third kappa shape index (κ3) is 5.57. The monoisotopic (exact) mass is 470 g/mol. The first-order valence-electron chi connectivity index (χ1n) is 10.3. The molecule has 3 aromatic rings. The van der Waals surface area contributed by atoms with Crippen LogP contribution >= 0.6 is 11.8 Å². The predicted molar refractivity (Wildman–Crippen MR) is 123 cm³/mol. The molecule has 0 saturated carbocycles. The van der Waals surface area contributed by atoms with E-state index in [-0.39, 0.29) is 17.0 Å². The smallest absolute Gasteiger partial charge is 0.326 e. The number of hydrogen-bond donors (Lipinski definition) is 1. The topological polar surface area (TPSA) is 49.4 Å². The van der Waals surface area contributed by atoms with Crippen LogP contribution in [0, 0.1) is 0 Å². The molecule has 0 spiro atoms. The molecule has 1 aliphatic rings. The zero-order valence-corrected chi connectivity index (χ0v) is 18.3. The second-order valence-corrected chi connectivity index (χ2v) is 8.71. The third-order valence-electron chi connectivity index (χ3n) is 5.38. The van der Waals surface area contributed by atoms with Gasteiger partial charge >= 0.3 is 6.18 Å². The molecular formula is C25H21F3N2O2S. The zero-order valence-electron chi connectivity index (χ0n) is 17.5. The van der Waals surface area contributed by atoms with Gasteiger partial charge in [-0.15, -0.1) is 11.8 Å². The SMILES string of the molecule is O=C(Nc1ccc(C(F)(F)F)cc1)c1ccc([C@@H]2SCC(=O)N2CCc2ccccc2)cc1. The molecule has 0 radical (unpaired) electrons. The maximum atomic E-state index is 12.7. The van der Waals surface area contributed by atoms with Crippen LogP contribution in [-0.4, -0.2) is 29.0 Å². The van der Waals surface area contributed by atoms with Crippen molar-refractivity contribution in [2.75, 3.05) is 17.6 Å². The van der Waals surface area contributed by atoms with Gasteiger partial charge in [-0.1, -0.05) is 42.5 Å². The highest BCUT2D eigenvalue weighted by Crippen LogP contribution is 2.38. The molecule has 170 valence electrons. The number of halogens is 3. The van der Waals surface area contributed by atoms with Crippen molar-refractivity contribution in [1.29, 1.82) is 0 Å². The van der Waals surface area contributed by atoms with E-state index in [1.807, 2.05) is 47.4 Å². The van der Waals surface area contributed by atoms with Crippen molar-refractivity contribution in [2.24, 2.45) is 0 Å². The van der Waals surface area contributed by atoms with Crippen LogP contribution in [0.5, 0.6) is 0 Å². The lowest BCUT2D eigenvalue weighted by Gasteiger charge is -2.24. The summed E-state index contributed by atoms with van der Waals surface area (Å²) in [5, 5.41) is 2.49. The van der Waals surface area contributed by atoms with E-state index in [9.17, 15) is 22.8 Å². The van der Waals surface area contributed by atoms with Gasteiger partial charge in [0, 0.05) is 17.8 Å². The van der Waals surface area contributed by atoms with Crippen molar-refractivity contribution in [3.8, 4) is 0 Å². The summed E-state index contributed by atoms with van der Waals surface area (Å²) in [5.74, 6) is 0.0812. The molecule has 0 aromatic heterocycles. The van der Waals surface area contributed by atoms with Crippen molar-refractivity contribution < 1.29 is 22.8 Å². The number of rotatable bonds is 6. The Bertz CT molecular complexity index is 1120. The van der Waals surface area contributed by atoms with E-state index >= 15 is 0 Å². The molecular weight excluding hydrogens is 449 g/mol. The molecule has 33 heavy (non-hydrogen) atoms. The van der Waals surface area contributed by atoms with Crippen LogP contribution < -0.4 is 5.32 Å². The molecule has 1 N–H and O–H groups in total. The summed E-state index contributed by atoms with van der Waals surface area (Å²) in [7, 11) is 0. The zero-order chi connectivity index (χ0) is 23.4. The number of thioether (sulfide) groups is 1. The van der Waals surface area contributed by atoms with E-state index in [4.69, 9.17) is 0 Å². The van der Waals surface area contributed by atoms with Crippen LogP contribution in [0.2, 0.25) is 0 Å². The Balaban J connectivity index is 1.40. The number of amides is 2. The van der Waals surface area contributed by atoms with E-state index in [0.29, 0.717) is 17.9 Å². The number of carbonyl (C=O) groups excluding carboxylic acids is 2. The maximum Gasteiger partial charge on any atom is 0.416 e. The van der Waals surface area contributed by atoms with E-state index < -0.39 is 17.6 Å². The Morgan fingerprint density at radius 1 is 0.970 bits per heavy atom. The predicted octanol–water partition coefficient (Wildman–Crippen LogP) is 5.77. The minimum atomic E-state index is -4.42. The third-order valence-corrected chi connectivity index (χ3v) is 6.64. The number of nitrogens with zero attached hydrogens (tertiary/aromatic N) is 1. The molecule has 1 heterocycles. The van der Waals surface area contributed by atoms with Gasteiger partial charge in [0.2, 0.25) is 5.91 Å². The van der Waals surface area contributed by atoms with Gasteiger partial charge in [-0.05, 0) is 53.9 Å². The van der Waals surface area contributed by atoms with Crippen molar-refractivity contribution in [2.45, 2.75) is 18.0 Å². The van der Waals surface area contributed by atoms with E-state index in [1.165, 1.54) is 12.1 Å². The van der Waals surface area contributed by atoms with Crippen LogP contribution in [0.15, 0.2) is 78.9 Å². The fraction of sp³-hybridized carbons (Fsp3) is 0.200. The van der Waals surface area contributed by atoms with Gasteiger partial charge in [-0.2, -0.15) is 13.2 Å². The summed E-state index contributed by atoms with van der Waals surface area (Å²) in [5.41, 5.74) is 1.97. The molecule has 1 fully saturated rings. The standard InChI is InChI=1S/C25H21F3N2O2S/c26-25(27,28)20-10-12-21(13-11-20)29-23(32)18-6-8-19(9-7-18)24-30(22(31)16-33-24)15-14-17-4-2-1-3-5-17/h1-13,24H,14-16H2,(H,29,32)/t24-/m0/s1. The Morgan fingerprint density at radius 2 is 1.64 bits per heavy atom. The number of carbonyl (C=O) groups is 2. The normalized spacial score (nSPS) is 16.2. The minimum Gasteiger partial charge on any atom is -0.326 e. The molecule has 3 aromatic carbocycles. The van der Waals surface area contributed by atoms with Gasteiger partial charge in [0.05, 0.1) is 11.3 Å². The van der Waals surface area contributed by atoms with Crippen molar-refractivity contribution >= 4 is 29.3 Å². The second kappa shape index (κ2) is 9.70. The largest absolute Gasteiger partial charge is 0.416 e. The summed E-state index contributed by atoms with van der Waals surface area (Å²) >= 11 is 1.55. The average Bonchev–Trinajstić information content (AvgIpc) is 3.18. The van der Waals surface area contributed by atoms with Gasteiger partial charge < -0.3 is 10.2 Å². The van der Waals surface area contributed by atoms with Gasteiger partial charge in [0.25, 0.3) is 5.91 Å². The summed E-state index contributed by atoms with van der Waals surface area (Å²) in [4.78, 5) is 26.8. The summed E-state index contributed by atoms with van der Waals surface area (Å²) < 4.78 is 38.1. The fourth-order valence-corrected chi connectivity index (χ4v) is 4.83. The fourth-order valence-electron chi connectivity index (χ4n) is 3.61. The van der Waals surface area contributed by atoms with Crippen LogP contribution in [0.3, 0.4) is 0 Å². The summed E-state index contributed by atoms with van der Waals surface area (Å²) in [6.07, 6.45) is -3.66. The molecule has 1 aliphatic heterocycles. The Hall–Kier alpha value is -3.26. The van der Waals surface area contributed by atoms with Crippen LogP contribution in [0.4, 0.5) is 18.9 Å². The first kappa shape index (κ1) is 22.9. The van der Waals surface area contributed by atoms with Crippen molar-refractivity contribution in [3.63, 3.8) is 0 Å². The maximum absolute atomic E-state index is 12.7. The van der Waals surface area contributed by atoms with Gasteiger partial charge in [0.15, 0.2) is 0 Å². The minimum absolute atomic E-state index is 0.0880. The highest BCUT2D eigenvalue weighted by atomic mass is 32.2. The Labute approximate surface area is 193 Å². The lowest BCUT2D eigenvalue weighted by atomic mass is 10.1. The van der Waals surface area contributed by atoms with Gasteiger partial charge in [-0.3, -0.25) is 9.59 Å². The number of alkyl halides is 3. The number of hydrogen-bond acceptors (Lipinski definition) is 3. The first-order valence-corrected chi connectivity index (χ1v) is 11.4. The molecule has 8 heteroatoms. The van der Waals surface area contributed by atoms with Gasteiger partial charge in [-0.25, -0.2) is 0 Å². The van der Waals surface area contributed by atoms with Gasteiger partial charge in [0.1, 0.15) is 5.37 Å². The van der Waals surface area contributed by atoms with E-state index in [0.717, 1.165) is 29.7 Å². The molecule has 2 amide bonds. The average molecular weight is 471 g/mol. The second-order valence-electron chi connectivity index (χ2n) is 7.64. The molecule has 0 unspecified atom stereocenters. The lowest BCUT2D eigenvalue weighted by Crippen LogP contribution is -2.30. The Morgan fingerprint density at radius 3 is 2.27 bits per heavy atom. The van der Waals surface area contributed by atoms with Crippen molar-refractivity contribution in [3.05, 3.63) is 101 Å². The van der Waals surface area contributed by atoms with Crippen molar-refractivity contribution in [1.82, 2.24) is 4.90 Å². The summed E-state index contributed by atoms with van der Waals surface area (Å²) in [6.45, 7) is 0.608. The molecule has 4 nitrogen and oxygen atoms in total. The summed E-state index contributed by atoms with van der Waals surface area (Å²) in [6, 6.07) is 21.2. The number of anilines is 1. The molecule has 1 saturated heterocycles. The molecule has 0 aliphatic carbocycles. The van der Waals surface area contributed by atoms with Crippen LogP contribution in [-0.2, 0) is 17.4 Å². The number of benzene rings is 3. The van der Waals surface area contributed by atoms with Crippen LogP contribution in [0.1, 0.15) is 32.4 Å². The highest BCUT2D eigenvalue weighted by molar-refractivity contribution is 8.00. The Kier molecular flexibility index (Phi) is 6.74.